The third-order valence-electron chi connectivity index (χ3n) is 7.54. The summed E-state index contributed by atoms with van der Waals surface area (Å²) in [6.45, 7) is 1.72. The molecule has 4 nitrogen and oxygen atoms in total. The monoisotopic (exact) mass is 542 g/mol. The maximum Gasteiger partial charge on any atom is 0.401 e. The van der Waals surface area contributed by atoms with Crippen molar-refractivity contribution in [3.63, 3.8) is 0 Å². The molecule has 1 aromatic heterocycles. The Morgan fingerprint density at radius 2 is 1.82 bits per heavy atom. The lowest BCUT2D eigenvalue weighted by Crippen LogP contribution is -2.47. The normalized spacial score (nSPS) is 22.8. The summed E-state index contributed by atoms with van der Waals surface area (Å²) in [7, 11) is 0. The van der Waals surface area contributed by atoms with Crippen LogP contribution < -0.4 is 5.32 Å². The Kier molecular flexibility index (Phi) is 7.34. The minimum atomic E-state index is -4.60. The zero-order valence-corrected chi connectivity index (χ0v) is 20.8. The van der Waals surface area contributed by atoms with Crippen LogP contribution in [0.3, 0.4) is 0 Å². The van der Waals surface area contributed by atoms with Crippen molar-refractivity contribution in [2.45, 2.75) is 50.5 Å². The van der Waals surface area contributed by atoms with Crippen molar-refractivity contribution in [2.24, 2.45) is 0 Å². The Morgan fingerprint density at radius 1 is 1.08 bits per heavy atom. The van der Waals surface area contributed by atoms with Gasteiger partial charge in [-0.15, -0.1) is 0 Å². The zero-order chi connectivity index (χ0) is 27.2. The summed E-state index contributed by atoms with van der Waals surface area (Å²) in [6.07, 6.45) is -3.31. The molecule has 0 amide bonds. The first-order valence-corrected chi connectivity index (χ1v) is 12.7. The fourth-order valence-corrected chi connectivity index (χ4v) is 5.89. The summed E-state index contributed by atoms with van der Waals surface area (Å²) in [6, 6.07) is 3.99. The largest absolute Gasteiger partial charge is 0.401 e. The van der Waals surface area contributed by atoms with Gasteiger partial charge in [0, 0.05) is 59.6 Å². The van der Waals surface area contributed by atoms with Gasteiger partial charge in [0.15, 0.2) is 0 Å². The van der Waals surface area contributed by atoms with Gasteiger partial charge in [-0.2, -0.15) is 13.2 Å². The lowest BCUT2D eigenvalue weighted by Gasteiger charge is -2.41. The van der Waals surface area contributed by atoms with Crippen LogP contribution in [0.2, 0.25) is 0 Å². The van der Waals surface area contributed by atoms with Gasteiger partial charge >= 0.3 is 6.18 Å². The second kappa shape index (κ2) is 10.4. The molecule has 5 rings (SSSR count). The SMILES string of the molecule is CC1Cc2c([nH]c3ccc(F)cc23)C(c2c(F)cc(NC3CCN(CCCF)C3)cc2F)N1CC(F)(F)F. The molecule has 0 bridgehead atoms. The maximum atomic E-state index is 15.6. The van der Waals surface area contributed by atoms with Gasteiger partial charge in [-0.1, -0.05) is 0 Å². The van der Waals surface area contributed by atoms with Crippen molar-refractivity contribution < 1.29 is 30.7 Å². The number of hydrogen-bond donors (Lipinski definition) is 2. The van der Waals surface area contributed by atoms with Gasteiger partial charge in [-0.3, -0.25) is 9.29 Å². The number of fused-ring (bicyclic) bond motifs is 3. The summed E-state index contributed by atoms with van der Waals surface area (Å²) >= 11 is 0. The minimum absolute atomic E-state index is 0.0918. The number of halogens is 7. The van der Waals surface area contributed by atoms with E-state index in [9.17, 15) is 22.0 Å². The predicted molar refractivity (Wildman–Crippen MR) is 131 cm³/mol. The second-order valence-corrected chi connectivity index (χ2v) is 10.3. The van der Waals surface area contributed by atoms with Crippen molar-refractivity contribution in [1.29, 1.82) is 0 Å². The standard InChI is InChI=1S/C27H29F7N4/c1-15-9-20-19-10-16(29)3-4-23(19)36-25(20)26(38(15)14-27(32,33)34)24-21(30)11-18(12-22(24)31)35-17-5-8-37(13-17)7-2-6-28/h3-4,10-12,15,17,26,35-36H,2,5-9,13-14H2,1H3. The molecule has 11 heteroatoms. The molecule has 3 heterocycles. The van der Waals surface area contributed by atoms with Crippen LogP contribution in [-0.2, 0) is 6.42 Å². The van der Waals surface area contributed by atoms with E-state index in [1.807, 2.05) is 0 Å². The number of alkyl halides is 4. The summed E-state index contributed by atoms with van der Waals surface area (Å²) in [5, 5.41) is 3.59. The highest BCUT2D eigenvalue weighted by molar-refractivity contribution is 5.85. The lowest BCUT2D eigenvalue weighted by molar-refractivity contribution is -0.155. The highest BCUT2D eigenvalue weighted by Gasteiger charge is 2.44. The number of hydrogen-bond acceptors (Lipinski definition) is 3. The number of nitrogens with zero attached hydrogens (tertiary/aromatic N) is 2. The van der Waals surface area contributed by atoms with E-state index in [0.29, 0.717) is 42.4 Å². The summed E-state index contributed by atoms with van der Waals surface area (Å²) in [5.74, 6) is -2.45. The van der Waals surface area contributed by atoms with Gasteiger partial charge in [-0.05, 0) is 62.1 Å². The van der Waals surface area contributed by atoms with Crippen LogP contribution in [0.1, 0.15) is 42.6 Å². The average Bonchev–Trinajstić information content (AvgIpc) is 3.42. The van der Waals surface area contributed by atoms with Crippen LogP contribution in [0, 0.1) is 17.5 Å². The van der Waals surface area contributed by atoms with Gasteiger partial charge in [-0.25, -0.2) is 13.2 Å². The fourth-order valence-electron chi connectivity index (χ4n) is 5.89. The fraction of sp³-hybridized carbons (Fsp3) is 0.481. The second-order valence-electron chi connectivity index (χ2n) is 10.3. The molecule has 2 N–H and O–H groups in total. The Bertz CT molecular complexity index is 1280. The lowest BCUT2D eigenvalue weighted by atomic mass is 9.88. The van der Waals surface area contributed by atoms with E-state index in [4.69, 9.17) is 0 Å². The van der Waals surface area contributed by atoms with E-state index in [2.05, 4.69) is 15.2 Å². The molecule has 3 unspecified atom stereocenters. The smallest absolute Gasteiger partial charge is 0.381 e. The van der Waals surface area contributed by atoms with Gasteiger partial charge < -0.3 is 15.2 Å². The first kappa shape index (κ1) is 26.8. The van der Waals surface area contributed by atoms with E-state index in [-0.39, 0.29) is 23.8 Å². The Balaban J connectivity index is 1.52. The first-order chi connectivity index (χ1) is 18.0. The molecule has 206 valence electrons. The highest BCUT2D eigenvalue weighted by Crippen LogP contribution is 2.44. The number of likely N-dealkylation sites (tertiary alicyclic amines) is 1. The van der Waals surface area contributed by atoms with Crippen molar-refractivity contribution in [1.82, 2.24) is 14.8 Å². The van der Waals surface area contributed by atoms with Crippen LogP contribution in [0.4, 0.5) is 36.4 Å². The van der Waals surface area contributed by atoms with E-state index < -0.39 is 54.5 Å². The third kappa shape index (κ3) is 5.36. The van der Waals surface area contributed by atoms with Gasteiger partial charge in [0.1, 0.15) is 17.5 Å². The number of aromatic nitrogens is 1. The summed E-state index contributed by atoms with van der Waals surface area (Å²) < 4.78 is 98.6. The number of benzene rings is 2. The van der Waals surface area contributed by atoms with Crippen LogP contribution in [-0.4, -0.2) is 65.9 Å². The molecule has 0 saturated carbocycles. The van der Waals surface area contributed by atoms with Crippen molar-refractivity contribution in [3.8, 4) is 0 Å². The minimum Gasteiger partial charge on any atom is -0.381 e. The molecule has 38 heavy (non-hydrogen) atoms. The molecular weight excluding hydrogens is 513 g/mol. The highest BCUT2D eigenvalue weighted by atomic mass is 19.4. The molecule has 1 fully saturated rings. The number of rotatable bonds is 7. The van der Waals surface area contributed by atoms with Gasteiger partial charge in [0.05, 0.1) is 19.3 Å². The zero-order valence-electron chi connectivity index (χ0n) is 20.8. The topological polar surface area (TPSA) is 34.3 Å². The van der Waals surface area contributed by atoms with E-state index in [0.717, 1.165) is 23.6 Å². The number of anilines is 1. The molecule has 0 radical (unpaired) electrons. The number of aromatic amines is 1. The molecule has 3 atom stereocenters. The Morgan fingerprint density at radius 3 is 2.50 bits per heavy atom. The van der Waals surface area contributed by atoms with Crippen LogP contribution in [0.25, 0.3) is 10.9 Å². The molecule has 0 aliphatic carbocycles. The first-order valence-electron chi connectivity index (χ1n) is 12.7. The summed E-state index contributed by atoms with van der Waals surface area (Å²) in [4.78, 5) is 6.13. The van der Waals surface area contributed by atoms with Crippen molar-refractivity contribution >= 4 is 16.6 Å². The molecule has 2 aliphatic rings. The Labute approximate surface area is 215 Å². The van der Waals surface area contributed by atoms with Crippen LogP contribution >= 0.6 is 0 Å². The van der Waals surface area contributed by atoms with E-state index >= 15 is 8.78 Å². The van der Waals surface area contributed by atoms with E-state index in [1.54, 1.807) is 6.92 Å². The van der Waals surface area contributed by atoms with Crippen LogP contribution in [0.5, 0.6) is 0 Å². The Hall–Kier alpha value is -2.79. The summed E-state index contributed by atoms with van der Waals surface area (Å²) in [5.41, 5.74) is 0.962. The quantitative estimate of drug-likeness (QED) is 0.343. The molecule has 0 spiro atoms. The van der Waals surface area contributed by atoms with Gasteiger partial charge in [0.25, 0.3) is 0 Å². The van der Waals surface area contributed by atoms with Crippen LogP contribution in [0.15, 0.2) is 30.3 Å². The van der Waals surface area contributed by atoms with Crippen molar-refractivity contribution in [2.75, 3.05) is 38.2 Å². The molecular formula is C27H29F7N4. The van der Waals surface area contributed by atoms with Gasteiger partial charge in [0.2, 0.25) is 0 Å². The molecule has 1 saturated heterocycles. The number of nitrogens with one attached hydrogen (secondary N) is 2. The molecule has 2 aliphatic heterocycles. The van der Waals surface area contributed by atoms with E-state index in [1.165, 1.54) is 18.2 Å². The molecule has 2 aromatic carbocycles. The molecule has 3 aromatic rings. The maximum absolute atomic E-state index is 15.6. The number of H-pyrrole nitrogens is 1. The van der Waals surface area contributed by atoms with Crippen molar-refractivity contribution in [3.05, 3.63) is 64.6 Å². The average molecular weight is 543 g/mol. The predicted octanol–water partition coefficient (Wildman–Crippen LogP) is 6.33. The third-order valence-corrected chi connectivity index (χ3v) is 7.54.